The summed E-state index contributed by atoms with van der Waals surface area (Å²) in [6.07, 6.45) is 3.30. The van der Waals surface area contributed by atoms with Gasteiger partial charge in [-0.3, -0.25) is 0 Å². The molecule has 1 fully saturated rings. The number of ether oxygens (including phenoxy) is 2. The van der Waals surface area contributed by atoms with Gasteiger partial charge in [-0.05, 0) is 36.9 Å². The highest BCUT2D eigenvalue weighted by molar-refractivity contribution is 5.26. The van der Waals surface area contributed by atoms with Gasteiger partial charge in [0.25, 0.3) is 0 Å². The lowest BCUT2D eigenvalue weighted by atomic mass is 9.91. The molecule has 0 saturated carbocycles. The molecule has 0 aromatic heterocycles. The van der Waals surface area contributed by atoms with Crippen LogP contribution in [0.15, 0.2) is 24.3 Å². The van der Waals surface area contributed by atoms with Crippen LogP contribution < -0.4 is 5.32 Å². The van der Waals surface area contributed by atoms with E-state index in [9.17, 15) is 0 Å². The summed E-state index contributed by atoms with van der Waals surface area (Å²) in [5, 5.41) is 3.69. The number of hydrogen-bond donors (Lipinski definition) is 1. The fourth-order valence-electron chi connectivity index (χ4n) is 2.78. The molecule has 0 bridgehead atoms. The van der Waals surface area contributed by atoms with Crippen LogP contribution >= 0.6 is 0 Å². The van der Waals surface area contributed by atoms with Crippen LogP contribution in [0, 0.1) is 5.92 Å². The van der Waals surface area contributed by atoms with Gasteiger partial charge in [-0.2, -0.15) is 0 Å². The number of rotatable bonds is 8. The van der Waals surface area contributed by atoms with Gasteiger partial charge in [-0.25, -0.2) is 0 Å². The predicted molar refractivity (Wildman–Crippen MR) is 82.0 cm³/mol. The van der Waals surface area contributed by atoms with Gasteiger partial charge in [0.05, 0.1) is 13.2 Å². The van der Waals surface area contributed by atoms with E-state index in [0.29, 0.717) is 12.0 Å². The van der Waals surface area contributed by atoms with Crippen molar-refractivity contribution in [1.29, 1.82) is 0 Å². The minimum absolute atomic E-state index is 0.425. The number of hydrogen-bond acceptors (Lipinski definition) is 3. The quantitative estimate of drug-likeness (QED) is 0.792. The van der Waals surface area contributed by atoms with Crippen molar-refractivity contribution in [3.05, 3.63) is 35.4 Å². The summed E-state index contributed by atoms with van der Waals surface area (Å²) in [4.78, 5) is 0. The van der Waals surface area contributed by atoms with Crippen molar-refractivity contribution in [3.8, 4) is 0 Å². The molecule has 1 aliphatic heterocycles. The van der Waals surface area contributed by atoms with E-state index >= 15 is 0 Å². The molecular formula is C17H27NO2. The Morgan fingerprint density at radius 1 is 1.35 bits per heavy atom. The average molecular weight is 277 g/mol. The van der Waals surface area contributed by atoms with Crippen LogP contribution in [0.25, 0.3) is 0 Å². The summed E-state index contributed by atoms with van der Waals surface area (Å²) in [5.41, 5.74) is 2.72. The zero-order valence-electron chi connectivity index (χ0n) is 12.7. The van der Waals surface area contributed by atoms with Crippen LogP contribution in [0.2, 0.25) is 0 Å². The molecule has 1 aliphatic rings. The average Bonchev–Trinajstić information content (AvgIpc) is 3.01. The number of nitrogens with one attached hydrogen (secondary N) is 1. The molecule has 0 radical (unpaired) electrons. The van der Waals surface area contributed by atoms with Crippen molar-refractivity contribution >= 4 is 0 Å². The van der Waals surface area contributed by atoms with Gasteiger partial charge in [0.2, 0.25) is 0 Å². The first-order valence-electron chi connectivity index (χ1n) is 7.74. The molecule has 112 valence electrons. The van der Waals surface area contributed by atoms with Crippen LogP contribution in [0.4, 0.5) is 0 Å². The summed E-state index contributed by atoms with van der Waals surface area (Å²) in [6.45, 7) is 5.84. The topological polar surface area (TPSA) is 30.5 Å². The first-order chi connectivity index (χ1) is 9.85. The van der Waals surface area contributed by atoms with E-state index in [1.807, 2.05) is 0 Å². The summed E-state index contributed by atoms with van der Waals surface area (Å²) >= 11 is 0. The molecule has 20 heavy (non-hydrogen) atoms. The van der Waals surface area contributed by atoms with E-state index in [-0.39, 0.29) is 0 Å². The van der Waals surface area contributed by atoms with Crippen LogP contribution in [0.1, 0.15) is 36.9 Å². The van der Waals surface area contributed by atoms with Crippen molar-refractivity contribution in [2.75, 3.05) is 33.5 Å². The molecule has 0 amide bonds. The van der Waals surface area contributed by atoms with E-state index in [1.165, 1.54) is 11.1 Å². The third-order valence-electron chi connectivity index (χ3n) is 3.98. The lowest BCUT2D eigenvalue weighted by Gasteiger charge is -2.24. The minimum atomic E-state index is 0.425. The Labute approximate surface area is 122 Å². The maximum Gasteiger partial charge on any atom is 0.0513 e. The zero-order chi connectivity index (χ0) is 14.2. The number of methoxy groups -OCH3 is 1. The highest BCUT2D eigenvalue weighted by Gasteiger charge is 2.26. The molecule has 2 atom stereocenters. The molecular weight excluding hydrogens is 250 g/mol. The summed E-state index contributed by atoms with van der Waals surface area (Å²) in [5.74, 6) is 0.603. The van der Waals surface area contributed by atoms with Gasteiger partial charge in [0.15, 0.2) is 0 Å². The predicted octanol–water partition coefficient (Wildman–Crippen LogP) is 2.95. The second kappa shape index (κ2) is 8.40. The lowest BCUT2D eigenvalue weighted by molar-refractivity contribution is 0.176. The molecule has 3 heteroatoms. The van der Waals surface area contributed by atoms with Gasteiger partial charge in [0, 0.05) is 25.7 Å². The molecule has 3 nitrogen and oxygen atoms in total. The fourth-order valence-corrected chi connectivity index (χ4v) is 2.78. The summed E-state index contributed by atoms with van der Waals surface area (Å²) < 4.78 is 10.7. The van der Waals surface area contributed by atoms with Crippen LogP contribution in [-0.4, -0.2) is 33.5 Å². The number of benzene rings is 1. The zero-order valence-corrected chi connectivity index (χ0v) is 12.7. The maximum absolute atomic E-state index is 5.56. The Balaban J connectivity index is 2.03. The van der Waals surface area contributed by atoms with Crippen molar-refractivity contribution in [1.82, 2.24) is 5.32 Å². The highest BCUT2D eigenvalue weighted by atomic mass is 16.5. The van der Waals surface area contributed by atoms with E-state index in [0.717, 1.165) is 45.6 Å². The van der Waals surface area contributed by atoms with E-state index in [4.69, 9.17) is 9.47 Å². The van der Waals surface area contributed by atoms with Crippen molar-refractivity contribution in [3.63, 3.8) is 0 Å². The summed E-state index contributed by atoms with van der Waals surface area (Å²) in [7, 11) is 1.75. The second-order valence-electron chi connectivity index (χ2n) is 5.54. The van der Waals surface area contributed by atoms with Crippen molar-refractivity contribution in [2.45, 2.75) is 32.2 Å². The molecule has 1 saturated heterocycles. The van der Waals surface area contributed by atoms with Crippen LogP contribution in [-0.2, 0) is 15.9 Å². The monoisotopic (exact) mass is 277 g/mol. The largest absolute Gasteiger partial charge is 0.384 e. The summed E-state index contributed by atoms with van der Waals surface area (Å²) in [6, 6.07) is 9.40. The minimum Gasteiger partial charge on any atom is -0.384 e. The maximum atomic E-state index is 5.56. The van der Waals surface area contributed by atoms with Crippen molar-refractivity contribution < 1.29 is 9.47 Å². The van der Waals surface area contributed by atoms with Gasteiger partial charge in [-0.15, -0.1) is 0 Å². The molecule has 2 unspecified atom stereocenters. The first kappa shape index (κ1) is 15.5. The first-order valence-corrected chi connectivity index (χ1v) is 7.74. The van der Waals surface area contributed by atoms with Gasteiger partial charge in [0.1, 0.15) is 0 Å². The Kier molecular flexibility index (Phi) is 6.51. The second-order valence-corrected chi connectivity index (χ2v) is 5.54. The Morgan fingerprint density at radius 2 is 2.15 bits per heavy atom. The molecule has 1 aromatic rings. The molecule has 1 aromatic carbocycles. The molecule has 2 rings (SSSR count). The van der Waals surface area contributed by atoms with Gasteiger partial charge < -0.3 is 14.8 Å². The van der Waals surface area contributed by atoms with E-state index < -0.39 is 0 Å². The van der Waals surface area contributed by atoms with E-state index in [1.54, 1.807) is 7.11 Å². The smallest absolute Gasteiger partial charge is 0.0513 e. The molecule has 0 spiro atoms. The Morgan fingerprint density at radius 3 is 2.75 bits per heavy atom. The molecule has 1 heterocycles. The Hall–Kier alpha value is -0.900. The third kappa shape index (κ3) is 4.30. The lowest BCUT2D eigenvalue weighted by Crippen LogP contribution is -2.29. The SMILES string of the molecule is CCCNC(c1ccc(CCOC)cc1)C1CCOC1. The van der Waals surface area contributed by atoms with Gasteiger partial charge in [-0.1, -0.05) is 31.2 Å². The van der Waals surface area contributed by atoms with Crippen molar-refractivity contribution in [2.24, 2.45) is 5.92 Å². The van der Waals surface area contributed by atoms with Crippen LogP contribution in [0.3, 0.4) is 0 Å². The standard InChI is InChI=1S/C17H27NO2/c1-3-10-18-17(16-9-12-20-13-16)15-6-4-14(5-7-15)8-11-19-2/h4-7,16-18H,3,8-13H2,1-2H3. The Bertz CT molecular complexity index is 371. The van der Waals surface area contributed by atoms with Gasteiger partial charge >= 0.3 is 0 Å². The fraction of sp³-hybridized carbons (Fsp3) is 0.647. The normalized spacial score (nSPS) is 20.2. The third-order valence-corrected chi connectivity index (χ3v) is 3.98. The highest BCUT2D eigenvalue weighted by Crippen LogP contribution is 2.29. The molecule has 1 N–H and O–H groups in total. The van der Waals surface area contributed by atoms with E-state index in [2.05, 4.69) is 36.5 Å². The van der Waals surface area contributed by atoms with Crippen LogP contribution in [0.5, 0.6) is 0 Å². The molecule has 0 aliphatic carbocycles.